The zero-order chi connectivity index (χ0) is 18.0. The van der Waals surface area contributed by atoms with E-state index in [0.29, 0.717) is 22.3 Å². The van der Waals surface area contributed by atoms with E-state index in [2.05, 4.69) is 0 Å². The highest BCUT2D eigenvalue weighted by Gasteiger charge is 2.33. The maximum Gasteiger partial charge on any atom is 0.342 e. The zero-order valence-electron chi connectivity index (χ0n) is 14.0. The SMILES string of the molecule is CCOC(=O)c1c(C)oc2ccc(C(F)(F)Cc3ccccc3)cc12. The van der Waals surface area contributed by atoms with Crippen LogP contribution in [0.5, 0.6) is 0 Å². The van der Waals surface area contributed by atoms with Crippen LogP contribution in [-0.4, -0.2) is 12.6 Å². The maximum absolute atomic E-state index is 14.7. The molecule has 0 radical (unpaired) electrons. The van der Waals surface area contributed by atoms with Crippen LogP contribution >= 0.6 is 0 Å². The van der Waals surface area contributed by atoms with Crippen molar-refractivity contribution in [2.45, 2.75) is 26.2 Å². The number of furan rings is 1. The van der Waals surface area contributed by atoms with Crippen LogP contribution in [0.3, 0.4) is 0 Å². The van der Waals surface area contributed by atoms with Gasteiger partial charge in [0.15, 0.2) is 0 Å². The van der Waals surface area contributed by atoms with Crippen molar-refractivity contribution in [3.05, 3.63) is 71.0 Å². The van der Waals surface area contributed by atoms with Gasteiger partial charge in [0.25, 0.3) is 5.92 Å². The van der Waals surface area contributed by atoms with Crippen LogP contribution in [0.15, 0.2) is 52.9 Å². The number of hydrogen-bond donors (Lipinski definition) is 0. The van der Waals surface area contributed by atoms with Gasteiger partial charge in [-0.05, 0) is 37.6 Å². The number of carbonyl (C=O) groups excluding carboxylic acids is 1. The quantitative estimate of drug-likeness (QED) is 0.593. The smallest absolute Gasteiger partial charge is 0.342 e. The minimum absolute atomic E-state index is 0.157. The molecule has 1 aromatic heterocycles. The first-order valence-electron chi connectivity index (χ1n) is 8.05. The van der Waals surface area contributed by atoms with Crippen molar-refractivity contribution in [1.82, 2.24) is 0 Å². The van der Waals surface area contributed by atoms with Gasteiger partial charge >= 0.3 is 5.97 Å². The molecule has 130 valence electrons. The number of alkyl halides is 2. The van der Waals surface area contributed by atoms with Gasteiger partial charge in [-0.25, -0.2) is 13.6 Å². The van der Waals surface area contributed by atoms with E-state index in [9.17, 15) is 13.6 Å². The molecular formula is C20H18F2O3. The molecule has 0 aliphatic carbocycles. The molecule has 3 rings (SSSR count). The Kier molecular flexibility index (Phi) is 4.57. The summed E-state index contributed by atoms with van der Waals surface area (Å²) in [5, 5.41) is 0.348. The van der Waals surface area contributed by atoms with Crippen LogP contribution in [0.2, 0.25) is 0 Å². The Morgan fingerprint density at radius 1 is 1.16 bits per heavy atom. The minimum Gasteiger partial charge on any atom is -0.462 e. The van der Waals surface area contributed by atoms with Gasteiger partial charge in [0, 0.05) is 17.4 Å². The van der Waals surface area contributed by atoms with Crippen molar-refractivity contribution < 1.29 is 22.7 Å². The van der Waals surface area contributed by atoms with Crippen molar-refractivity contribution in [2.75, 3.05) is 6.61 Å². The molecule has 0 atom stereocenters. The summed E-state index contributed by atoms with van der Waals surface area (Å²) in [6.45, 7) is 3.51. The van der Waals surface area contributed by atoms with Gasteiger partial charge in [-0.1, -0.05) is 30.3 Å². The Morgan fingerprint density at radius 2 is 1.88 bits per heavy atom. The topological polar surface area (TPSA) is 39.4 Å². The molecule has 0 unspecified atom stereocenters. The number of aryl methyl sites for hydroxylation is 1. The molecule has 0 fully saturated rings. The Balaban J connectivity index is 2.02. The number of hydrogen-bond acceptors (Lipinski definition) is 3. The fourth-order valence-electron chi connectivity index (χ4n) is 2.86. The number of rotatable bonds is 5. The summed E-state index contributed by atoms with van der Waals surface area (Å²) >= 11 is 0. The lowest BCUT2D eigenvalue weighted by molar-refractivity contribution is -0.00372. The molecule has 25 heavy (non-hydrogen) atoms. The van der Waals surface area contributed by atoms with Crippen LogP contribution in [0.1, 0.15) is 34.2 Å². The lowest BCUT2D eigenvalue weighted by Crippen LogP contribution is -2.17. The fraction of sp³-hybridized carbons (Fsp3) is 0.250. The zero-order valence-corrected chi connectivity index (χ0v) is 14.0. The number of carbonyl (C=O) groups is 1. The molecule has 0 N–H and O–H groups in total. The van der Waals surface area contributed by atoms with Crippen molar-refractivity contribution in [2.24, 2.45) is 0 Å². The Bertz CT molecular complexity index is 898. The van der Waals surface area contributed by atoms with Crippen molar-refractivity contribution >= 4 is 16.9 Å². The number of benzene rings is 2. The van der Waals surface area contributed by atoms with E-state index in [1.165, 1.54) is 18.2 Å². The van der Waals surface area contributed by atoms with E-state index in [0.717, 1.165) is 0 Å². The van der Waals surface area contributed by atoms with Crippen LogP contribution in [0.25, 0.3) is 11.0 Å². The van der Waals surface area contributed by atoms with Crippen LogP contribution < -0.4 is 0 Å². The Morgan fingerprint density at radius 3 is 2.56 bits per heavy atom. The summed E-state index contributed by atoms with van der Waals surface area (Å²) in [5.74, 6) is -3.27. The second kappa shape index (κ2) is 6.67. The number of fused-ring (bicyclic) bond motifs is 1. The van der Waals surface area contributed by atoms with Crippen molar-refractivity contribution in [3.8, 4) is 0 Å². The summed E-state index contributed by atoms with van der Waals surface area (Å²) in [6, 6.07) is 12.7. The summed E-state index contributed by atoms with van der Waals surface area (Å²) in [5.41, 5.74) is 0.978. The summed E-state index contributed by atoms with van der Waals surface area (Å²) in [4.78, 5) is 12.1. The van der Waals surface area contributed by atoms with Crippen molar-refractivity contribution in [1.29, 1.82) is 0 Å². The Labute approximate surface area is 144 Å². The first kappa shape index (κ1) is 17.1. The molecule has 3 aromatic rings. The van der Waals surface area contributed by atoms with Gasteiger partial charge in [-0.2, -0.15) is 0 Å². The van der Waals surface area contributed by atoms with Gasteiger partial charge in [-0.3, -0.25) is 0 Å². The average molecular weight is 344 g/mol. The molecule has 0 aliphatic heterocycles. The molecule has 0 bridgehead atoms. The highest BCUT2D eigenvalue weighted by Crippen LogP contribution is 2.36. The molecule has 0 amide bonds. The number of ether oxygens (including phenoxy) is 1. The van der Waals surface area contributed by atoms with Gasteiger partial charge < -0.3 is 9.15 Å². The molecule has 0 spiro atoms. The second-order valence-electron chi connectivity index (χ2n) is 5.83. The molecule has 3 nitrogen and oxygen atoms in total. The highest BCUT2D eigenvalue weighted by atomic mass is 19.3. The predicted molar refractivity (Wildman–Crippen MR) is 90.9 cm³/mol. The molecule has 5 heteroatoms. The normalized spacial score (nSPS) is 11.7. The number of esters is 1. The summed E-state index contributed by atoms with van der Waals surface area (Å²) in [6.07, 6.45) is -0.412. The minimum atomic E-state index is -3.06. The van der Waals surface area contributed by atoms with E-state index in [4.69, 9.17) is 9.15 Å². The summed E-state index contributed by atoms with van der Waals surface area (Å²) < 4.78 is 39.9. The molecular weight excluding hydrogens is 326 g/mol. The average Bonchev–Trinajstić information content (AvgIpc) is 2.90. The van der Waals surface area contributed by atoms with Crippen LogP contribution in [-0.2, 0) is 17.1 Å². The van der Waals surface area contributed by atoms with Crippen molar-refractivity contribution in [3.63, 3.8) is 0 Å². The molecule has 0 aliphatic rings. The maximum atomic E-state index is 14.7. The number of halogens is 2. The summed E-state index contributed by atoms with van der Waals surface area (Å²) in [7, 11) is 0. The van der Waals surface area contributed by atoms with Gasteiger partial charge in [0.05, 0.1) is 6.61 Å². The second-order valence-corrected chi connectivity index (χ2v) is 5.83. The predicted octanol–water partition coefficient (Wildman–Crippen LogP) is 5.25. The van der Waals surface area contributed by atoms with E-state index in [1.807, 2.05) is 0 Å². The monoisotopic (exact) mass is 344 g/mol. The Hall–Kier alpha value is -2.69. The third kappa shape index (κ3) is 3.40. The molecule has 1 heterocycles. The third-order valence-electron chi connectivity index (χ3n) is 4.03. The lowest BCUT2D eigenvalue weighted by atomic mass is 9.98. The lowest BCUT2D eigenvalue weighted by Gasteiger charge is -2.17. The van der Waals surface area contributed by atoms with E-state index in [1.54, 1.807) is 44.2 Å². The van der Waals surface area contributed by atoms with E-state index in [-0.39, 0.29) is 17.7 Å². The van der Waals surface area contributed by atoms with E-state index < -0.39 is 18.3 Å². The first-order chi connectivity index (χ1) is 11.9. The van der Waals surface area contributed by atoms with Gasteiger partial charge in [-0.15, -0.1) is 0 Å². The molecule has 2 aromatic carbocycles. The molecule has 0 saturated carbocycles. The first-order valence-corrected chi connectivity index (χ1v) is 8.05. The van der Waals surface area contributed by atoms with Crippen LogP contribution in [0, 0.1) is 6.92 Å². The molecule has 0 saturated heterocycles. The largest absolute Gasteiger partial charge is 0.462 e. The van der Waals surface area contributed by atoms with Gasteiger partial charge in [0.1, 0.15) is 16.9 Å². The van der Waals surface area contributed by atoms with E-state index >= 15 is 0 Å². The van der Waals surface area contributed by atoms with Crippen LogP contribution in [0.4, 0.5) is 8.78 Å². The highest BCUT2D eigenvalue weighted by molar-refractivity contribution is 6.04. The third-order valence-corrected chi connectivity index (χ3v) is 4.03. The standard InChI is InChI=1S/C20H18F2O3/c1-3-24-19(23)18-13(2)25-17-10-9-15(11-16(17)18)20(21,22)12-14-7-5-4-6-8-14/h4-11H,3,12H2,1-2H3. The fourth-order valence-corrected chi connectivity index (χ4v) is 2.86. The van der Waals surface area contributed by atoms with Gasteiger partial charge in [0.2, 0.25) is 0 Å².